The van der Waals surface area contributed by atoms with Gasteiger partial charge < -0.3 is 20.1 Å². The molecule has 1 heterocycles. The number of carbonyl (C=O) groups is 2. The average Bonchev–Trinajstić information content (AvgIpc) is 2.98. The van der Waals surface area contributed by atoms with E-state index in [2.05, 4.69) is 10.6 Å². The molecule has 1 aliphatic heterocycles. The highest BCUT2D eigenvalue weighted by molar-refractivity contribution is 6.10. The van der Waals surface area contributed by atoms with Gasteiger partial charge in [0.1, 0.15) is 17.1 Å². The number of rotatable bonds is 4. The summed E-state index contributed by atoms with van der Waals surface area (Å²) >= 11 is 0. The van der Waals surface area contributed by atoms with Gasteiger partial charge in [0.05, 0.1) is 19.6 Å². The van der Waals surface area contributed by atoms with Gasteiger partial charge in [-0.1, -0.05) is 25.3 Å². The average molecular weight is 380 g/mol. The zero-order valence-electron chi connectivity index (χ0n) is 16.1. The van der Waals surface area contributed by atoms with Gasteiger partial charge in [0.2, 0.25) is 5.91 Å². The lowest BCUT2D eigenvalue weighted by Crippen LogP contribution is -2.36. The van der Waals surface area contributed by atoms with Crippen molar-refractivity contribution in [3.05, 3.63) is 47.5 Å². The molecular formula is C22H24N2O4. The van der Waals surface area contributed by atoms with E-state index in [9.17, 15) is 9.59 Å². The van der Waals surface area contributed by atoms with Crippen molar-refractivity contribution in [2.75, 3.05) is 24.9 Å². The van der Waals surface area contributed by atoms with Gasteiger partial charge >= 0.3 is 0 Å². The van der Waals surface area contributed by atoms with Crippen LogP contribution in [0.15, 0.2) is 36.4 Å². The Morgan fingerprint density at radius 2 is 1.71 bits per heavy atom. The topological polar surface area (TPSA) is 76.7 Å². The Bertz CT molecular complexity index is 910. The molecule has 1 aliphatic carbocycles. The van der Waals surface area contributed by atoms with Gasteiger partial charge in [0, 0.05) is 11.4 Å². The van der Waals surface area contributed by atoms with Crippen molar-refractivity contribution in [1.82, 2.24) is 0 Å². The van der Waals surface area contributed by atoms with Gasteiger partial charge in [-0.3, -0.25) is 9.59 Å². The maximum absolute atomic E-state index is 13.0. The molecule has 0 unspecified atom stereocenters. The number of benzene rings is 2. The fourth-order valence-electron chi connectivity index (χ4n) is 4.41. The number of anilines is 2. The smallest absolute Gasteiger partial charge is 0.263 e. The summed E-state index contributed by atoms with van der Waals surface area (Å²) in [4.78, 5) is 25.7. The molecule has 4 rings (SSSR count). The van der Waals surface area contributed by atoms with Gasteiger partial charge in [0.15, 0.2) is 0 Å². The van der Waals surface area contributed by atoms with E-state index in [-0.39, 0.29) is 11.8 Å². The number of hydrogen-bond acceptors (Lipinski definition) is 4. The van der Waals surface area contributed by atoms with Crippen LogP contribution in [0.4, 0.5) is 11.4 Å². The lowest BCUT2D eigenvalue weighted by Gasteiger charge is -2.31. The Morgan fingerprint density at radius 3 is 2.36 bits per heavy atom. The van der Waals surface area contributed by atoms with E-state index in [1.165, 1.54) is 14.2 Å². The van der Waals surface area contributed by atoms with Crippen molar-refractivity contribution in [2.24, 2.45) is 0 Å². The van der Waals surface area contributed by atoms with Crippen LogP contribution in [0.3, 0.4) is 0 Å². The predicted molar refractivity (Wildman–Crippen MR) is 107 cm³/mol. The largest absolute Gasteiger partial charge is 0.496 e. The van der Waals surface area contributed by atoms with Crippen molar-refractivity contribution in [2.45, 2.75) is 37.5 Å². The van der Waals surface area contributed by atoms with Gasteiger partial charge in [-0.25, -0.2) is 0 Å². The molecule has 0 aromatic heterocycles. The molecule has 0 atom stereocenters. The summed E-state index contributed by atoms with van der Waals surface area (Å²) in [6.45, 7) is 0. The Kier molecular flexibility index (Phi) is 4.71. The Morgan fingerprint density at radius 1 is 1.04 bits per heavy atom. The minimum absolute atomic E-state index is 0.0806. The van der Waals surface area contributed by atoms with Crippen molar-refractivity contribution in [1.29, 1.82) is 0 Å². The Labute approximate surface area is 164 Å². The Hall–Kier alpha value is -3.02. The first-order valence-corrected chi connectivity index (χ1v) is 9.57. The van der Waals surface area contributed by atoms with Crippen LogP contribution in [-0.4, -0.2) is 26.0 Å². The van der Waals surface area contributed by atoms with E-state index >= 15 is 0 Å². The quantitative estimate of drug-likeness (QED) is 0.837. The molecule has 0 radical (unpaired) electrons. The number of nitrogens with one attached hydrogen (secondary N) is 2. The van der Waals surface area contributed by atoms with Crippen LogP contribution in [0.2, 0.25) is 0 Å². The SMILES string of the molecule is COc1cccc(OC)c1C(=O)Nc1ccc2c(c1)C1(CCCCC1)C(=O)N2. The van der Waals surface area contributed by atoms with Gasteiger partial charge in [-0.2, -0.15) is 0 Å². The highest BCUT2D eigenvalue weighted by Gasteiger charge is 2.47. The maximum Gasteiger partial charge on any atom is 0.263 e. The normalized spacial score (nSPS) is 17.0. The molecule has 1 saturated carbocycles. The summed E-state index contributed by atoms with van der Waals surface area (Å²) in [6.07, 6.45) is 4.95. The number of carbonyl (C=O) groups excluding carboxylic acids is 2. The number of methoxy groups -OCH3 is 2. The first-order valence-electron chi connectivity index (χ1n) is 9.57. The zero-order chi connectivity index (χ0) is 19.7. The lowest BCUT2D eigenvalue weighted by molar-refractivity contribution is -0.121. The Balaban J connectivity index is 1.66. The van der Waals surface area contributed by atoms with Crippen LogP contribution in [0.1, 0.15) is 48.0 Å². The van der Waals surface area contributed by atoms with E-state index < -0.39 is 5.41 Å². The summed E-state index contributed by atoms with van der Waals surface area (Å²) in [7, 11) is 3.04. The van der Waals surface area contributed by atoms with Crippen molar-refractivity contribution >= 4 is 23.2 Å². The zero-order valence-corrected chi connectivity index (χ0v) is 16.1. The van der Waals surface area contributed by atoms with Crippen molar-refractivity contribution in [3.8, 4) is 11.5 Å². The molecule has 146 valence electrons. The first-order chi connectivity index (χ1) is 13.6. The standard InChI is InChI=1S/C22H24N2O4/c1-27-17-7-6-8-18(28-2)19(17)20(25)23-14-9-10-16-15(13-14)22(21(26)24-16)11-4-3-5-12-22/h6-10,13H,3-5,11-12H2,1-2H3,(H,23,25)(H,24,26). The lowest BCUT2D eigenvalue weighted by atomic mass is 9.70. The maximum atomic E-state index is 13.0. The molecule has 2 N–H and O–H groups in total. The number of fused-ring (bicyclic) bond motifs is 2. The second-order valence-electron chi connectivity index (χ2n) is 7.35. The van der Waals surface area contributed by atoms with E-state index in [0.29, 0.717) is 22.7 Å². The summed E-state index contributed by atoms with van der Waals surface area (Å²) in [6, 6.07) is 10.8. The minimum atomic E-state index is -0.462. The second kappa shape index (κ2) is 7.19. The van der Waals surface area contributed by atoms with Crippen molar-refractivity contribution < 1.29 is 19.1 Å². The minimum Gasteiger partial charge on any atom is -0.496 e. The molecular weight excluding hydrogens is 356 g/mol. The molecule has 28 heavy (non-hydrogen) atoms. The highest BCUT2D eigenvalue weighted by atomic mass is 16.5. The fourth-order valence-corrected chi connectivity index (χ4v) is 4.41. The van der Waals surface area contributed by atoms with E-state index in [1.807, 2.05) is 12.1 Å². The fraction of sp³-hybridized carbons (Fsp3) is 0.364. The van der Waals surface area contributed by atoms with Crippen LogP contribution >= 0.6 is 0 Å². The van der Waals surface area contributed by atoms with Crippen LogP contribution in [0.5, 0.6) is 11.5 Å². The second-order valence-corrected chi connectivity index (χ2v) is 7.35. The summed E-state index contributed by atoms with van der Waals surface area (Å²) in [5.41, 5.74) is 2.37. The molecule has 6 nitrogen and oxygen atoms in total. The third kappa shape index (κ3) is 2.89. The van der Waals surface area contributed by atoms with Crippen LogP contribution in [-0.2, 0) is 10.2 Å². The number of amides is 2. The molecule has 2 amide bonds. The summed E-state index contributed by atoms with van der Waals surface area (Å²) in [5, 5.41) is 5.95. The van der Waals surface area contributed by atoms with Gasteiger partial charge in [-0.05, 0) is 48.7 Å². The molecule has 2 aromatic rings. The first kappa shape index (κ1) is 18.3. The third-order valence-corrected chi connectivity index (χ3v) is 5.84. The van der Waals surface area contributed by atoms with Crippen LogP contribution in [0, 0.1) is 0 Å². The third-order valence-electron chi connectivity index (χ3n) is 5.84. The summed E-state index contributed by atoms with van der Waals surface area (Å²) < 4.78 is 10.7. The highest BCUT2D eigenvalue weighted by Crippen LogP contribution is 2.48. The van der Waals surface area contributed by atoms with Crippen molar-refractivity contribution in [3.63, 3.8) is 0 Å². The van der Waals surface area contributed by atoms with E-state index in [4.69, 9.17) is 9.47 Å². The molecule has 2 aliphatic rings. The number of ether oxygens (including phenoxy) is 2. The molecule has 6 heteroatoms. The van der Waals surface area contributed by atoms with E-state index in [1.54, 1.807) is 24.3 Å². The molecule has 1 spiro atoms. The molecule has 1 fully saturated rings. The van der Waals surface area contributed by atoms with Gasteiger partial charge in [0.25, 0.3) is 5.91 Å². The molecule has 0 bridgehead atoms. The molecule has 0 saturated heterocycles. The molecule has 2 aromatic carbocycles. The number of hydrogen-bond donors (Lipinski definition) is 2. The summed E-state index contributed by atoms with van der Waals surface area (Å²) in [5.74, 6) is 0.651. The van der Waals surface area contributed by atoms with Crippen LogP contribution < -0.4 is 20.1 Å². The van der Waals surface area contributed by atoms with Gasteiger partial charge in [-0.15, -0.1) is 0 Å². The van der Waals surface area contributed by atoms with E-state index in [0.717, 1.165) is 43.4 Å². The van der Waals surface area contributed by atoms with Crippen LogP contribution in [0.25, 0.3) is 0 Å². The monoisotopic (exact) mass is 380 g/mol. The predicted octanol–water partition coefficient (Wildman–Crippen LogP) is 4.11.